The molecule has 0 atom stereocenters. The smallest absolute Gasteiger partial charge is 0.384 e. The maximum absolute atomic E-state index is 11.1. The molecular formula is C13H12O4. The minimum absolute atomic E-state index is 0.277. The van der Waals surface area contributed by atoms with E-state index in [9.17, 15) is 9.59 Å². The van der Waals surface area contributed by atoms with E-state index in [1.54, 1.807) is 25.1 Å². The number of benzene rings is 1. The summed E-state index contributed by atoms with van der Waals surface area (Å²) in [7, 11) is 1.49. The Balaban J connectivity index is 3.02. The summed E-state index contributed by atoms with van der Waals surface area (Å²) in [4.78, 5) is 21.7. The predicted molar refractivity (Wildman–Crippen MR) is 61.9 cm³/mol. The number of ether oxygens (including phenoxy) is 2. The highest BCUT2D eigenvalue weighted by Gasteiger charge is 2.02. The van der Waals surface area contributed by atoms with E-state index in [-0.39, 0.29) is 6.61 Å². The minimum Gasteiger partial charge on any atom is -0.495 e. The van der Waals surface area contributed by atoms with Gasteiger partial charge in [-0.3, -0.25) is 4.79 Å². The van der Waals surface area contributed by atoms with Crippen LogP contribution in [-0.2, 0) is 9.53 Å². The Morgan fingerprint density at radius 1 is 1.47 bits per heavy atom. The van der Waals surface area contributed by atoms with Gasteiger partial charge in [0.25, 0.3) is 0 Å². The van der Waals surface area contributed by atoms with Crippen LogP contribution in [0.25, 0.3) is 0 Å². The Morgan fingerprint density at radius 3 is 2.82 bits per heavy atom. The van der Waals surface area contributed by atoms with Crippen LogP contribution in [0.5, 0.6) is 5.75 Å². The molecule has 0 unspecified atom stereocenters. The monoisotopic (exact) mass is 232 g/mol. The third kappa shape index (κ3) is 3.65. The van der Waals surface area contributed by atoms with Gasteiger partial charge < -0.3 is 9.47 Å². The first-order chi connectivity index (χ1) is 8.21. The van der Waals surface area contributed by atoms with Gasteiger partial charge in [-0.25, -0.2) is 4.79 Å². The molecule has 0 spiro atoms. The lowest BCUT2D eigenvalue weighted by atomic mass is 10.1. The molecule has 88 valence electrons. The van der Waals surface area contributed by atoms with Crippen LogP contribution < -0.4 is 4.74 Å². The van der Waals surface area contributed by atoms with Crippen molar-refractivity contribution in [2.75, 3.05) is 13.7 Å². The Morgan fingerprint density at radius 2 is 2.24 bits per heavy atom. The molecule has 4 heteroatoms. The van der Waals surface area contributed by atoms with E-state index in [1.165, 1.54) is 7.11 Å². The molecule has 0 saturated carbocycles. The summed E-state index contributed by atoms with van der Waals surface area (Å²) in [5.41, 5.74) is 0.948. The fourth-order valence-electron chi connectivity index (χ4n) is 1.18. The van der Waals surface area contributed by atoms with E-state index in [2.05, 4.69) is 16.6 Å². The molecular weight excluding hydrogens is 220 g/mol. The second-order valence-corrected chi connectivity index (χ2v) is 3.05. The van der Waals surface area contributed by atoms with Gasteiger partial charge in [-0.1, -0.05) is 5.92 Å². The van der Waals surface area contributed by atoms with Gasteiger partial charge in [0.05, 0.1) is 19.3 Å². The summed E-state index contributed by atoms with van der Waals surface area (Å²) in [6.07, 6.45) is 0.703. The quantitative estimate of drug-likeness (QED) is 0.449. The standard InChI is InChI=1S/C13H12O4/c1-3-17-13(15)7-5-11-8-10(9-14)4-6-12(11)16-2/h4,6,8-9H,3H2,1-2H3. The van der Waals surface area contributed by atoms with Gasteiger partial charge in [-0.15, -0.1) is 0 Å². The Kier molecular flexibility index (Phi) is 4.77. The van der Waals surface area contributed by atoms with Crippen LogP contribution in [0.3, 0.4) is 0 Å². The normalized spacial score (nSPS) is 8.82. The van der Waals surface area contributed by atoms with Crippen LogP contribution in [0.15, 0.2) is 18.2 Å². The van der Waals surface area contributed by atoms with Crippen LogP contribution in [0.4, 0.5) is 0 Å². The first-order valence-corrected chi connectivity index (χ1v) is 5.03. The van der Waals surface area contributed by atoms with Gasteiger partial charge in [0.2, 0.25) is 0 Å². The van der Waals surface area contributed by atoms with Gasteiger partial charge >= 0.3 is 5.97 Å². The van der Waals surface area contributed by atoms with Crippen LogP contribution in [-0.4, -0.2) is 26.0 Å². The van der Waals surface area contributed by atoms with E-state index in [4.69, 9.17) is 4.74 Å². The van der Waals surface area contributed by atoms with Crippen molar-refractivity contribution in [2.45, 2.75) is 6.92 Å². The summed E-state index contributed by atoms with van der Waals surface area (Å²) in [6, 6.07) is 4.79. The highest BCUT2D eigenvalue weighted by molar-refractivity contribution is 5.89. The van der Waals surface area contributed by atoms with Crippen LogP contribution in [0.1, 0.15) is 22.8 Å². The predicted octanol–water partition coefficient (Wildman–Crippen LogP) is 1.42. The van der Waals surface area contributed by atoms with Gasteiger partial charge in [-0.2, -0.15) is 0 Å². The average molecular weight is 232 g/mol. The van der Waals surface area contributed by atoms with E-state index < -0.39 is 5.97 Å². The number of rotatable bonds is 3. The molecule has 0 fully saturated rings. The average Bonchev–Trinajstić information content (AvgIpc) is 2.36. The molecule has 0 N–H and O–H groups in total. The molecule has 0 amide bonds. The highest BCUT2D eigenvalue weighted by Crippen LogP contribution is 2.17. The number of esters is 1. The summed E-state index contributed by atoms with van der Waals surface area (Å²) in [6.45, 7) is 1.98. The summed E-state index contributed by atoms with van der Waals surface area (Å²) < 4.78 is 9.74. The zero-order valence-corrected chi connectivity index (χ0v) is 9.65. The Hall–Kier alpha value is -2.28. The Bertz CT molecular complexity index is 480. The van der Waals surface area contributed by atoms with E-state index in [1.807, 2.05) is 0 Å². The maximum atomic E-state index is 11.1. The zero-order valence-electron chi connectivity index (χ0n) is 9.65. The SMILES string of the molecule is CCOC(=O)C#Cc1cc(C=O)ccc1OC. The third-order valence-corrected chi connectivity index (χ3v) is 1.93. The van der Waals surface area contributed by atoms with E-state index in [0.29, 0.717) is 23.2 Å². The topological polar surface area (TPSA) is 52.6 Å². The fraction of sp³-hybridized carbons (Fsp3) is 0.231. The van der Waals surface area contributed by atoms with Gasteiger partial charge in [0.1, 0.15) is 12.0 Å². The number of hydrogen-bond donors (Lipinski definition) is 0. The number of methoxy groups -OCH3 is 1. The molecule has 0 saturated heterocycles. The largest absolute Gasteiger partial charge is 0.495 e. The van der Waals surface area contributed by atoms with Crippen molar-refractivity contribution in [3.63, 3.8) is 0 Å². The number of aldehydes is 1. The minimum atomic E-state index is -0.606. The van der Waals surface area contributed by atoms with Crippen LogP contribution in [0.2, 0.25) is 0 Å². The van der Waals surface area contributed by atoms with Crippen molar-refractivity contribution in [1.82, 2.24) is 0 Å². The van der Waals surface area contributed by atoms with Crippen molar-refractivity contribution < 1.29 is 19.1 Å². The van der Waals surface area contributed by atoms with Crippen molar-refractivity contribution >= 4 is 12.3 Å². The lowest BCUT2D eigenvalue weighted by Gasteiger charge is -2.02. The molecule has 1 aromatic rings. The number of carbonyl (C=O) groups excluding carboxylic acids is 2. The zero-order chi connectivity index (χ0) is 12.7. The summed E-state index contributed by atoms with van der Waals surface area (Å²) >= 11 is 0. The third-order valence-electron chi connectivity index (χ3n) is 1.93. The second kappa shape index (κ2) is 6.33. The van der Waals surface area contributed by atoms with E-state index >= 15 is 0 Å². The Labute approximate surface area is 99.5 Å². The van der Waals surface area contributed by atoms with Crippen molar-refractivity contribution in [3.05, 3.63) is 29.3 Å². The van der Waals surface area contributed by atoms with Crippen LogP contribution >= 0.6 is 0 Å². The molecule has 0 heterocycles. The first-order valence-electron chi connectivity index (χ1n) is 5.03. The van der Waals surface area contributed by atoms with Crippen LogP contribution in [0, 0.1) is 11.8 Å². The molecule has 0 aromatic heterocycles. The molecule has 17 heavy (non-hydrogen) atoms. The maximum Gasteiger partial charge on any atom is 0.384 e. The molecule has 1 rings (SSSR count). The molecule has 0 aliphatic heterocycles. The number of hydrogen-bond acceptors (Lipinski definition) is 4. The van der Waals surface area contributed by atoms with Crippen molar-refractivity contribution in [2.24, 2.45) is 0 Å². The summed E-state index contributed by atoms with van der Waals surface area (Å²) in [5.74, 6) is 4.84. The first kappa shape index (κ1) is 12.8. The van der Waals surface area contributed by atoms with E-state index in [0.717, 1.165) is 0 Å². The van der Waals surface area contributed by atoms with Gasteiger partial charge in [-0.05, 0) is 25.1 Å². The summed E-state index contributed by atoms with van der Waals surface area (Å²) in [5, 5.41) is 0. The number of carbonyl (C=O) groups is 2. The molecule has 0 bridgehead atoms. The van der Waals surface area contributed by atoms with Crippen molar-refractivity contribution in [3.8, 4) is 17.6 Å². The van der Waals surface area contributed by atoms with Gasteiger partial charge in [0.15, 0.2) is 0 Å². The van der Waals surface area contributed by atoms with Crippen molar-refractivity contribution in [1.29, 1.82) is 0 Å². The fourth-order valence-corrected chi connectivity index (χ4v) is 1.18. The molecule has 1 aromatic carbocycles. The lowest BCUT2D eigenvalue weighted by molar-refractivity contribution is -0.136. The molecule has 4 nitrogen and oxygen atoms in total. The molecule has 0 aliphatic rings. The molecule has 0 radical (unpaired) electrons. The lowest BCUT2D eigenvalue weighted by Crippen LogP contribution is -2.00. The highest BCUT2D eigenvalue weighted by atomic mass is 16.5. The van der Waals surface area contributed by atoms with Gasteiger partial charge in [0, 0.05) is 11.5 Å². The second-order valence-electron chi connectivity index (χ2n) is 3.05. The molecule has 0 aliphatic carbocycles.